The molecule has 0 radical (unpaired) electrons. The van der Waals surface area contributed by atoms with Crippen LogP contribution < -0.4 is 5.32 Å². The van der Waals surface area contributed by atoms with Crippen molar-refractivity contribution >= 4 is 17.7 Å². The summed E-state index contributed by atoms with van der Waals surface area (Å²) in [6, 6.07) is 0. The second-order valence-corrected chi connectivity index (χ2v) is 5.56. The number of nitrogens with zero attached hydrogens (tertiary/aromatic N) is 1. The number of rotatable bonds is 3. The third kappa shape index (κ3) is 1.79. The maximum absolute atomic E-state index is 12.4. The molecule has 0 aromatic rings. The molecule has 0 aromatic heterocycles. The van der Waals surface area contributed by atoms with E-state index in [1.165, 1.54) is 4.90 Å². The second-order valence-electron chi connectivity index (χ2n) is 5.56. The number of imide groups is 1. The molecule has 4 aliphatic rings. The van der Waals surface area contributed by atoms with Gasteiger partial charge in [-0.15, -0.1) is 0 Å². The van der Waals surface area contributed by atoms with Crippen LogP contribution in [0.4, 0.5) is 0 Å². The third-order valence-electron chi connectivity index (χ3n) is 4.53. The average molecular weight is 262 g/mol. The first-order valence-corrected chi connectivity index (χ1v) is 6.93. The summed E-state index contributed by atoms with van der Waals surface area (Å²) in [6.07, 6.45) is 6.12. The van der Waals surface area contributed by atoms with Gasteiger partial charge in [0.1, 0.15) is 6.54 Å². The van der Waals surface area contributed by atoms with Crippen LogP contribution in [-0.2, 0) is 14.4 Å². The monoisotopic (exact) mass is 262 g/mol. The number of hydrogen-bond acceptors (Lipinski definition) is 3. The number of hydrogen-bond donors (Lipinski definition) is 1. The maximum Gasteiger partial charge on any atom is 0.240 e. The molecule has 1 heterocycles. The largest absolute Gasteiger partial charge is 0.355 e. The number of nitrogens with one attached hydrogen (secondary N) is 1. The second kappa shape index (κ2) is 4.47. The zero-order valence-corrected chi connectivity index (χ0v) is 11.0. The molecule has 5 nitrogen and oxygen atoms in total. The van der Waals surface area contributed by atoms with E-state index in [9.17, 15) is 14.4 Å². The van der Waals surface area contributed by atoms with Crippen LogP contribution in [0.2, 0.25) is 0 Å². The van der Waals surface area contributed by atoms with E-state index in [0.29, 0.717) is 6.54 Å². The summed E-state index contributed by atoms with van der Waals surface area (Å²) in [6.45, 7) is 2.20. The average Bonchev–Trinajstić information content (AvgIpc) is 2.68. The summed E-state index contributed by atoms with van der Waals surface area (Å²) in [5.74, 6) is -0.628. The Labute approximate surface area is 112 Å². The molecular weight excluding hydrogens is 244 g/mol. The molecule has 0 unspecified atom stereocenters. The lowest BCUT2D eigenvalue weighted by Crippen LogP contribution is -2.41. The lowest BCUT2D eigenvalue weighted by atomic mass is 9.63. The zero-order valence-electron chi connectivity index (χ0n) is 11.0. The van der Waals surface area contributed by atoms with Gasteiger partial charge in [-0.05, 0) is 31.6 Å². The molecule has 1 saturated heterocycles. The lowest BCUT2D eigenvalue weighted by molar-refractivity contribution is -0.143. The van der Waals surface area contributed by atoms with Gasteiger partial charge in [0.15, 0.2) is 0 Å². The van der Waals surface area contributed by atoms with E-state index in [2.05, 4.69) is 17.5 Å². The number of allylic oxidation sites excluding steroid dienone is 2. The first-order chi connectivity index (χ1) is 9.13. The molecule has 1 aliphatic heterocycles. The highest BCUT2D eigenvalue weighted by Gasteiger charge is 2.56. The number of likely N-dealkylation sites (N-methyl/N-ethyl adjacent to an activating group) is 1. The molecule has 5 heteroatoms. The Hall–Kier alpha value is -1.65. The Bertz CT molecular complexity index is 439. The van der Waals surface area contributed by atoms with Crippen LogP contribution in [0.5, 0.6) is 0 Å². The fourth-order valence-electron chi connectivity index (χ4n) is 3.69. The Kier molecular flexibility index (Phi) is 2.92. The highest BCUT2D eigenvalue weighted by Crippen LogP contribution is 2.49. The van der Waals surface area contributed by atoms with Crippen LogP contribution in [0.1, 0.15) is 19.8 Å². The van der Waals surface area contributed by atoms with Gasteiger partial charge in [0, 0.05) is 6.54 Å². The van der Waals surface area contributed by atoms with Gasteiger partial charge >= 0.3 is 0 Å². The SMILES string of the molecule is CCNC(=O)CN1C(=O)[C@@H]2[C@@H](C1=O)[C@H]1C=C[C@H]2CC1. The summed E-state index contributed by atoms with van der Waals surface area (Å²) in [7, 11) is 0. The summed E-state index contributed by atoms with van der Waals surface area (Å²) < 4.78 is 0. The first kappa shape index (κ1) is 12.4. The van der Waals surface area contributed by atoms with Crippen LogP contribution in [0.15, 0.2) is 12.2 Å². The highest BCUT2D eigenvalue weighted by molar-refractivity contribution is 6.08. The predicted octanol–water partition coefficient (Wildman–Crippen LogP) is 0.320. The predicted molar refractivity (Wildman–Crippen MR) is 67.7 cm³/mol. The number of fused-ring (bicyclic) bond motifs is 1. The molecule has 1 saturated carbocycles. The van der Waals surface area contributed by atoms with Crippen molar-refractivity contribution in [3.63, 3.8) is 0 Å². The number of carbonyl (C=O) groups excluding carboxylic acids is 3. The Morgan fingerprint density at radius 3 is 2.16 bits per heavy atom. The van der Waals surface area contributed by atoms with E-state index in [1.807, 2.05) is 6.92 Å². The Morgan fingerprint density at radius 1 is 1.21 bits per heavy atom. The fraction of sp³-hybridized carbons (Fsp3) is 0.643. The standard InChI is InChI=1S/C14H18N2O3/c1-2-15-10(17)7-16-13(18)11-8-3-4-9(6-5-8)12(11)14(16)19/h3-4,8-9,11-12H,2,5-7H2,1H3,(H,15,17)/t8-,9-,11-,12-/m0/s1. The number of likely N-dealkylation sites (tertiary alicyclic amines) is 1. The van der Waals surface area contributed by atoms with Gasteiger partial charge < -0.3 is 5.32 Å². The van der Waals surface area contributed by atoms with Crippen LogP contribution in [0.3, 0.4) is 0 Å². The highest BCUT2D eigenvalue weighted by atomic mass is 16.2. The van der Waals surface area contributed by atoms with Crippen LogP contribution in [-0.4, -0.2) is 35.7 Å². The Morgan fingerprint density at radius 2 is 1.74 bits per heavy atom. The minimum atomic E-state index is -0.261. The van der Waals surface area contributed by atoms with Crippen LogP contribution >= 0.6 is 0 Å². The fourth-order valence-corrected chi connectivity index (χ4v) is 3.69. The summed E-state index contributed by atoms with van der Waals surface area (Å²) in [5, 5.41) is 2.63. The minimum Gasteiger partial charge on any atom is -0.355 e. The molecular formula is C14H18N2O3. The van der Waals surface area contributed by atoms with Gasteiger partial charge in [0.25, 0.3) is 0 Å². The molecule has 102 valence electrons. The molecule has 0 aromatic carbocycles. The van der Waals surface area contributed by atoms with Gasteiger partial charge in [-0.1, -0.05) is 12.2 Å². The normalized spacial score (nSPS) is 35.7. The van der Waals surface area contributed by atoms with Crippen molar-refractivity contribution in [2.45, 2.75) is 19.8 Å². The molecule has 2 bridgehead atoms. The van der Waals surface area contributed by atoms with Gasteiger partial charge in [-0.25, -0.2) is 0 Å². The van der Waals surface area contributed by atoms with Gasteiger partial charge in [-0.3, -0.25) is 19.3 Å². The molecule has 3 amide bonds. The molecule has 2 fully saturated rings. The number of carbonyl (C=O) groups is 3. The van der Waals surface area contributed by atoms with E-state index in [0.717, 1.165) is 12.8 Å². The quantitative estimate of drug-likeness (QED) is 0.588. The van der Waals surface area contributed by atoms with Crippen molar-refractivity contribution in [2.75, 3.05) is 13.1 Å². The minimum absolute atomic E-state index is 0.127. The van der Waals surface area contributed by atoms with E-state index in [4.69, 9.17) is 0 Å². The lowest BCUT2D eigenvalue weighted by Gasteiger charge is -2.38. The first-order valence-electron chi connectivity index (χ1n) is 6.93. The van der Waals surface area contributed by atoms with E-state index in [1.54, 1.807) is 0 Å². The smallest absolute Gasteiger partial charge is 0.240 e. The topological polar surface area (TPSA) is 66.5 Å². The third-order valence-corrected chi connectivity index (χ3v) is 4.53. The summed E-state index contributed by atoms with van der Waals surface area (Å²) in [4.78, 5) is 37.5. The number of amides is 3. The van der Waals surface area contributed by atoms with Gasteiger partial charge in [0.2, 0.25) is 17.7 Å². The zero-order chi connectivity index (χ0) is 13.6. The van der Waals surface area contributed by atoms with Crippen molar-refractivity contribution in [3.8, 4) is 0 Å². The van der Waals surface area contributed by atoms with Crippen LogP contribution in [0, 0.1) is 23.7 Å². The molecule has 4 rings (SSSR count). The molecule has 3 aliphatic carbocycles. The summed E-state index contributed by atoms with van der Waals surface area (Å²) in [5.41, 5.74) is 0. The van der Waals surface area contributed by atoms with Gasteiger partial charge in [0.05, 0.1) is 11.8 Å². The van der Waals surface area contributed by atoms with Crippen molar-refractivity contribution in [2.24, 2.45) is 23.7 Å². The molecule has 1 N–H and O–H groups in total. The van der Waals surface area contributed by atoms with Crippen molar-refractivity contribution in [1.29, 1.82) is 0 Å². The van der Waals surface area contributed by atoms with E-state index in [-0.39, 0.29) is 47.9 Å². The van der Waals surface area contributed by atoms with Gasteiger partial charge in [-0.2, -0.15) is 0 Å². The molecule has 4 atom stereocenters. The summed E-state index contributed by atoms with van der Waals surface area (Å²) >= 11 is 0. The van der Waals surface area contributed by atoms with Crippen LogP contribution in [0.25, 0.3) is 0 Å². The van der Waals surface area contributed by atoms with Crippen molar-refractivity contribution in [1.82, 2.24) is 10.2 Å². The van der Waals surface area contributed by atoms with Crippen molar-refractivity contribution in [3.05, 3.63) is 12.2 Å². The van der Waals surface area contributed by atoms with E-state index >= 15 is 0 Å². The molecule has 19 heavy (non-hydrogen) atoms. The van der Waals surface area contributed by atoms with Crippen molar-refractivity contribution < 1.29 is 14.4 Å². The maximum atomic E-state index is 12.4. The van der Waals surface area contributed by atoms with E-state index < -0.39 is 0 Å². The Balaban J connectivity index is 1.81. The molecule has 0 spiro atoms.